The molecule has 8 heteroatoms. The summed E-state index contributed by atoms with van der Waals surface area (Å²) in [5.41, 5.74) is -0.382. The molecule has 3 heterocycles. The molecular weight excluding hydrogens is 380 g/mol. The Morgan fingerprint density at radius 1 is 1.18 bits per heavy atom. The first-order chi connectivity index (χ1) is 13.5. The summed E-state index contributed by atoms with van der Waals surface area (Å²) in [6.07, 6.45) is 3.76. The molecule has 0 spiro atoms. The van der Waals surface area contributed by atoms with Gasteiger partial charge in [-0.25, -0.2) is 4.98 Å². The van der Waals surface area contributed by atoms with Gasteiger partial charge in [0.2, 0.25) is 0 Å². The number of hydrogen-bond donors (Lipinski definition) is 1. The molecule has 1 aliphatic rings. The molecule has 1 aliphatic heterocycles. The number of aromatic nitrogens is 3. The number of aliphatic hydroxyl groups is 1. The van der Waals surface area contributed by atoms with Crippen molar-refractivity contribution in [2.45, 2.75) is 25.0 Å². The number of carbonyl (C=O) groups excluding carboxylic acids is 1. The minimum atomic E-state index is -1.08. The van der Waals surface area contributed by atoms with E-state index >= 15 is 0 Å². The number of nitrogens with zero attached hydrogens (tertiary/aromatic N) is 4. The fourth-order valence-corrected chi connectivity index (χ4v) is 3.66. The summed E-state index contributed by atoms with van der Waals surface area (Å²) in [4.78, 5) is 35.3. The quantitative estimate of drug-likeness (QED) is 0.730. The van der Waals surface area contributed by atoms with E-state index in [0.717, 1.165) is 0 Å². The number of carbonyl (C=O) groups is 1. The van der Waals surface area contributed by atoms with E-state index < -0.39 is 5.60 Å². The standard InChI is InChI=1S/C20H19ClN4O3/c21-14-4-5-15-17(11-14)23-13-25(18(15)26)12-20(28)6-9-24(10-7-20)19(27)16-3-1-2-8-22-16/h1-5,8,11,13,28H,6-7,9-10,12H2. The summed E-state index contributed by atoms with van der Waals surface area (Å²) in [6.45, 7) is 0.928. The van der Waals surface area contributed by atoms with E-state index in [1.165, 1.54) is 10.9 Å². The lowest BCUT2D eigenvalue weighted by molar-refractivity contribution is -0.0300. The number of likely N-dealkylation sites (tertiary alicyclic amines) is 1. The number of amides is 1. The Morgan fingerprint density at radius 2 is 1.96 bits per heavy atom. The maximum atomic E-state index is 12.7. The third-order valence-electron chi connectivity index (χ3n) is 5.12. The first kappa shape index (κ1) is 18.6. The average molecular weight is 399 g/mol. The van der Waals surface area contributed by atoms with Gasteiger partial charge in [0, 0.05) is 24.3 Å². The molecule has 0 bridgehead atoms. The molecule has 0 radical (unpaired) electrons. The van der Waals surface area contributed by atoms with Crippen LogP contribution in [-0.2, 0) is 6.54 Å². The third-order valence-corrected chi connectivity index (χ3v) is 5.35. The number of rotatable bonds is 3. The van der Waals surface area contributed by atoms with Crippen LogP contribution < -0.4 is 5.56 Å². The summed E-state index contributed by atoms with van der Waals surface area (Å²) in [7, 11) is 0. The zero-order valence-corrected chi connectivity index (χ0v) is 15.8. The van der Waals surface area contributed by atoms with Crippen LogP contribution in [0.5, 0.6) is 0 Å². The van der Waals surface area contributed by atoms with Crippen molar-refractivity contribution in [1.29, 1.82) is 0 Å². The van der Waals surface area contributed by atoms with Crippen molar-refractivity contribution < 1.29 is 9.90 Å². The zero-order valence-electron chi connectivity index (χ0n) is 15.1. The summed E-state index contributed by atoms with van der Waals surface area (Å²) in [6, 6.07) is 10.1. The van der Waals surface area contributed by atoms with Gasteiger partial charge in [0.25, 0.3) is 11.5 Å². The molecule has 1 saturated heterocycles. The summed E-state index contributed by atoms with van der Waals surface area (Å²) < 4.78 is 1.42. The first-order valence-corrected chi connectivity index (χ1v) is 9.40. The molecule has 144 valence electrons. The third kappa shape index (κ3) is 3.63. The van der Waals surface area contributed by atoms with Crippen LogP contribution in [0, 0.1) is 0 Å². The van der Waals surface area contributed by atoms with Crippen molar-refractivity contribution in [1.82, 2.24) is 19.4 Å². The zero-order chi connectivity index (χ0) is 19.7. The van der Waals surface area contributed by atoms with E-state index in [2.05, 4.69) is 9.97 Å². The Balaban J connectivity index is 1.48. The normalized spacial score (nSPS) is 16.3. The van der Waals surface area contributed by atoms with Crippen LogP contribution in [0.2, 0.25) is 5.02 Å². The van der Waals surface area contributed by atoms with Crippen LogP contribution in [0.4, 0.5) is 0 Å². The lowest BCUT2D eigenvalue weighted by Gasteiger charge is -2.38. The van der Waals surface area contributed by atoms with Crippen molar-refractivity contribution >= 4 is 28.4 Å². The van der Waals surface area contributed by atoms with Gasteiger partial charge in [-0.1, -0.05) is 17.7 Å². The Kier molecular flexibility index (Phi) is 4.87. The van der Waals surface area contributed by atoms with Gasteiger partial charge < -0.3 is 10.0 Å². The van der Waals surface area contributed by atoms with E-state index in [-0.39, 0.29) is 18.0 Å². The molecule has 1 fully saturated rings. The number of halogens is 1. The van der Waals surface area contributed by atoms with Gasteiger partial charge in [0.1, 0.15) is 5.69 Å². The van der Waals surface area contributed by atoms with Crippen LogP contribution in [0.15, 0.2) is 53.7 Å². The minimum Gasteiger partial charge on any atom is -0.388 e. The second-order valence-corrected chi connectivity index (χ2v) is 7.51. The van der Waals surface area contributed by atoms with Crippen molar-refractivity contribution in [3.63, 3.8) is 0 Å². The molecule has 1 aromatic carbocycles. The van der Waals surface area contributed by atoms with Gasteiger partial charge in [0.15, 0.2) is 0 Å². The van der Waals surface area contributed by atoms with Crippen molar-refractivity contribution in [3.8, 4) is 0 Å². The summed E-state index contributed by atoms with van der Waals surface area (Å²) in [5, 5.41) is 11.9. The molecule has 0 unspecified atom stereocenters. The highest BCUT2D eigenvalue weighted by Crippen LogP contribution is 2.25. The Hall–Kier alpha value is -2.77. The molecule has 1 N–H and O–H groups in total. The molecule has 1 amide bonds. The highest BCUT2D eigenvalue weighted by atomic mass is 35.5. The highest BCUT2D eigenvalue weighted by Gasteiger charge is 2.35. The molecule has 2 aromatic heterocycles. The van der Waals surface area contributed by atoms with Gasteiger partial charge >= 0.3 is 0 Å². The van der Waals surface area contributed by atoms with Gasteiger partial charge in [-0.15, -0.1) is 0 Å². The maximum absolute atomic E-state index is 12.7. The van der Waals surface area contributed by atoms with Crippen LogP contribution >= 0.6 is 11.6 Å². The van der Waals surface area contributed by atoms with E-state index in [9.17, 15) is 14.7 Å². The van der Waals surface area contributed by atoms with E-state index in [1.807, 2.05) is 0 Å². The molecule has 0 atom stereocenters. The number of benzene rings is 1. The van der Waals surface area contributed by atoms with E-state index in [0.29, 0.717) is 47.6 Å². The topological polar surface area (TPSA) is 88.3 Å². The van der Waals surface area contributed by atoms with E-state index in [1.54, 1.807) is 47.5 Å². The minimum absolute atomic E-state index is 0.128. The maximum Gasteiger partial charge on any atom is 0.272 e. The van der Waals surface area contributed by atoms with Crippen LogP contribution in [0.25, 0.3) is 10.9 Å². The first-order valence-electron chi connectivity index (χ1n) is 9.03. The number of hydrogen-bond acceptors (Lipinski definition) is 5. The van der Waals surface area contributed by atoms with Crippen molar-refractivity contribution in [2.24, 2.45) is 0 Å². The van der Waals surface area contributed by atoms with Gasteiger partial charge in [-0.2, -0.15) is 0 Å². The van der Waals surface area contributed by atoms with Gasteiger partial charge in [-0.05, 0) is 43.2 Å². The van der Waals surface area contributed by atoms with Gasteiger partial charge in [0.05, 0.1) is 29.4 Å². The Bertz CT molecular complexity index is 1080. The largest absolute Gasteiger partial charge is 0.388 e. The molecule has 0 aliphatic carbocycles. The van der Waals surface area contributed by atoms with Gasteiger partial charge in [-0.3, -0.25) is 19.1 Å². The van der Waals surface area contributed by atoms with Crippen molar-refractivity contribution in [3.05, 3.63) is 70.0 Å². The predicted octanol–water partition coefficient (Wildman–Crippen LogP) is 2.11. The monoisotopic (exact) mass is 398 g/mol. The molecule has 7 nitrogen and oxygen atoms in total. The smallest absolute Gasteiger partial charge is 0.272 e. The molecule has 0 saturated carbocycles. The van der Waals surface area contributed by atoms with Crippen LogP contribution in [0.1, 0.15) is 23.3 Å². The average Bonchev–Trinajstić information content (AvgIpc) is 2.71. The van der Waals surface area contributed by atoms with Crippen molar-refractivity contribution in [2.75, 3.05) is 13.1 Å². The number of piperidine rings is 1. The lowest BCUT2D eigenvalue weighted by Crippen LogP contribution is -2.49. The predicted molar refractivity (Wildman–Crippen MR) is 105 cm³/mol. The highest BCUT2D eigenvalue weighted by molar-refractivity contribution is 6.31. The fourth-order valence-electron chi connectivity index (χ4n) is 3.50. The summed E-state index contributed by atoms with van der Waals surface area (Å²) in [5.74, 6) is -0.149. The van der Waals surface area contributed by atoms with Crippen LogP contribution in [0.3, 0.4) is 0 Å². The number of pyridine rings is 1. The molecule has 28 heavy (non-hydrogen) atoms. The van der Waals surface area contributed by atoms with Crippen LogP contribution in [-0.4, -0.2) is 49.1 Å². The number of fused-ring (bicyclic) bond motifs is 1. The SMILES string of the molecule is O=C(c1ccccn1)N1CCC(O)(Cn2cnc3cc(Cl)ccc3c2=O)CC1. The lowest BCUT2D eigenvalue weighted by atomic mass is 9.91. The molecular formula is C20H19ClN4O3. The molecule has 4 rings (SSSR count). The fraction of sp³-hybridized carbons (Fsp3) is 0.300. The Labute approximate surface area is 166 Å². The van der Waals surface area contributed by atoms with E-state index in [4.69, 9.17) is 11.6 Å². The second-order valence-electron chi connectivity index (χ2n) is 7.07. The summed E-state index contributed by atoms with van der Waals surface area (Å²) >= 11 is 5.95. The molecule has 3 aromatic rings. The second kappa shape index (κ2) is 7.33. The Morgan fingerprint density at radius 3 is 2.68 bits per heavy atom.